The lowest BCUT2D eigenvalue weighted by molar-refractivity contribution is -0.121. The highest BCUT2D eigenvalue weighted by Gasteiger charge is 2.16. The fourth-order valence-electron chi connectivity index (χ4n) is 2.93. The number of carbonyl (C=O) groups is 2. The van der Waals surface area contributed by atoms with Crippen LogP contribution < -0.4 is 14.5 Å². The maximum Gasteiger partial charge on any atom is 0.274 e. The Morgan fingerprint density at radius 2 is 1.41 bits per heavy atom. The number of methoxy groups -OCH3 is 2. The lowest BCUT2D eigenvalue weighted by Crippen LogP contribution is -2.30. The van der Waals surface area contributed by atoms with Crippen molar-refractivity contribution in [2.75, 3.05) is 25.9 Å². The molecule has 0 aliphatic carbocycles. The highest BCUT2D eigenvalue weighted by Crippen LogP contribution is 2.21. The van der Waals surface area contributed by atoms with E-state index in [2.05, 4.69) is 0 Å². The Labute approximate surface area is 187 Å². The number of amides is 1. The van der Waals surface area contributed by atoms with Crippen LogP contribution in [-0.2, 0) is 9.63 Å². The van der Waals surface area contributed by atoms with Crippen LogP contribution in [0.15, 0.2) is 84.9 Å². The molecular weight excluding hydrogens is 406 g/mol. The number of Topliss-reactive ketones (excluding diaryl/α,β-unsaturated/α-hetero) is 1. The smallest absolute Gasteiger partial charge is 0.274 e. The summed E-state index contributed by atoms with van der Waals surface area (Å²) in [5, 5.41) is 1.18. The summed E-state index contributed by atoms with van der Waals surface area (Å²) in [6, 6.07) is 23.3. The predicted octanol–water partition coefficient (Wildman–Crippen LogP) is 4.95. The van der Waals surface area contributed by atoms with Crippen LogP contribution >= 0.6 is 0 Å². The SMILES string of the molecule is COc1ccc(C(=O)CCON(C(=O)/C=C/c2ccccc2)c2ccc(OC)cc2)cc1. The summed E-state index contributed by atoms with van der Waals surface area (Å²) in [6.07, 6.45) is 3.27. The Kier molecular flexibility index (Phi) is 8.17. The van der Waals surface area contributed by atoms with Crippen LogP contribution in [0.25, 0.3) is 6.08 Å². The van der Waals surface area contributed by atoms with E-state index in [1.165, 1.54) is 11.1 Å². The largest absolute Gasteiger partial charge is 0.497 e. The number of hydrogen-bond acceptors (Lipinski definition) is 5. The standard InChI is InChI=1S/C26H25NO5/c1-30-23-13-9-21(10-14-23)25(28)18-19-32-27(22-11-15-24(31-2)16-12-22)26(29)17-8-20-6-4-3-5-7-20/h3-17H,18-19H2,1-2H3/b17-8+. The Morgan fingerprint density at radius 1 is 0.812 bits per heavy atom. The fraction of sp³-hybridized carbons (Fsp3) is 0.154. The van der Waals surface area contributed by atoms with Gasteiger partial charge in [-0.25, -0.2) is 0 Å². The molecule has 0 fully saturated rings. The number of carbonyl (C=O) groups excluding carboxylic acids is 2. The molecule has 1 amide bonds. The van der Waals surface area contributed by atoms with Gasteiger partial charge < -0.3 is 9.47 Å². The summed E-state index contributed by atoms with van der Waals surface area (Å²) in [4.78, 5) is 31.1. The molecule has 32 heavy (non-hydrogen) atoms. The molecule has 0 unspecified atom stereocenters. The average Bonchev–Trinajstić information content (AvgIpc) is 2.86. The molecule has 0 atom stereocenters. The highest BCUT2D eigenvalue weighted by molar-refractivity contribution is 6.02. The Hall–Kier alpha value is -3.90. The van der Waals surface area contributed by atoms with Crippen molar-refractivity contribution in [1.29, 1.82) is 0 Å². The average molecular weight is 431 g/mol. The number of benzene rings is 3. The van der Waals surface area contributed by atoms with Gasteiger partial charge in [-0.2, -0.15) is 5.06 Å². The van der Waals surface area contributed by atoms with Crippen LogP contribution in [0.4, 0.5) is 5.69 Å². The van der Waals surface area contributed by atoms with Crippen molar-refractivity contribution in [2.45, 2.75) is 6.42 Å². The third-order valence-electron chi connectivity index (χ3n) is 4.69. The number of nitrogens with zero attached hydrogens (tertiary/aromatic N) is 1. The van der Waals surface area contributed by atoms with Crippen LogP contribution in [0.1, 0.15) is 22.3 Å². The molecule has 0 aromatic heterocycles. The van der Waals surface area contributed by atoms with Gasteiger partial charge >= 0.3 is 0 Å². The van der Waals surface area contributed by atoms with Crippen LogP contribution in [0.3, 0.4) is 0 Å². The van der Waals surface area contributed by atoms with E-state index in [4.69, 9.17) is 14.3 Å². The van der Waals surface area contributed by atoms with Gasteiger partial charge in [-0.3, -0.25) is 14.4 Å². The minimum atomic E-state index is -0.365. The summed E-state index contributed by atoms with van der Waals surface area (Å²) in [7, 11) is 3.14. The molecule has 0 radical (unpaired) electrons. The molecule has 0 aliphatic rings. The molecule has 0 heterocycles. The molecule has 3 aromatic carbocycles. The molecule has 0 saturated heterocycles. The normalized spacial score (nSPS) is 10.7. The van der Waals surface area contributed by atoms with E-state index in [1.807, 2.05) is 30.3 Å². The van der Waals surface area contributed by atoms with E-state index < -0.39 is 0 Å². The van der Waals surface area contributed by atoms with E-state index in [-0.39, 0.29) is 24.7 Å². The summed E-state index contributed by atoms with van der Waals surface area (Å²) < 4.78 is 10.3. The molecule has 0 bridgehead atoms. The molecule has 0 aliphatic heterocycles. The topological polar surface area (TPSA) is 65.1 Å². The Bertz CT molecular complexity index is 1040. The number of hydroxylamine groups is 1. The van der Waals surface area contributed by atoms with Crippen LogP contribution in [0.2, 0.25) is 0 Å². The van der Waals surface area contributed by atoms with Crippen molar-refractivity contribution >= 4 is 23.5 Å². The number of hydrogen-bond donors (Lipinski definition) is 0. The van der Waals surface area contributed by atoms with Crippen molar-refractivity contribution in [3.63, 3.8) is 0 Å². The third-order valence-corrected chi connectivity index (χ3v) is 4.69. The Balaban J connectivity index is 1.69. The van der Waals surface area contributed by atoms with E-state index in [0.717, 1.165) is 5.56 Å². The maximum absolute atomic E-state index is 12.9. The minimum Gasteiger partial charge on any atom is -0.497 e. The fourth-order valence-corrected chi connectivity index (χ4v) is 2.93. The lowest BCUT2D eigenvalue weighted by Gasteiger charge is -2.20. The van der Waals surface area contributed by atoms with Gasteiger partial charge in [-0.15, -0.1) is 0 Å². The molecule has 164 valence electrons. The molecule has 0 saturated carbocycles. The quantitative estimate of drug-likeness (QED) is 0.258. The van der Waals surface area contributed by atoms with Gasteiger partial charge in [0.2, 0.25) is 0 Å². The first-order chi connectivity index (χ1) is 15.6. The van der Waals surface area contributed by atoms with Gasteiger partial charge in [0, 0.05) is 18.1 Å². The van der Waals surface area contributed by atoms with Crippen LogP contribution in [-0.4, -0.2) is 32.5 Å². The van der Waals surface area contributed by atoms with Crippen molar-refractivity contribution in [1.82, 2.24) is 0 Å². The zero-order valence-corrected chi connectivity index (χ0v) is 18.1. The second kappa shape index (κ2) is 11.5. The second-order valence-corrected chi connectivity index (χ2v) is 6.81. The molecular formula is C26H25NO5. The van der Waals surface area contributed by atoms with Crippen molar-refractivity contribution < 1.29 is 23.9 Å². The van der Waals surface area contributed by atoms with Crippen LogP contribution in [0.5, 0.6) is 11.5 Å². The minimum absolute atomic E-state index is 0.0435. The highest BCUT2D eigenvalue weighted by atomic mass is 16.7. The molecule has 3 aromatic rings. The zero-order valence-electron chi connectivity index (χ0n) is 18.1. The monoisotopic (exact) mass is 431 g/mol. The van der Waals surface area contributed by atoms with Gasteiger partial charge in [0.1, 0.15) is 11.5 Å². The van der Waals surface area contributed by atoms with E-state index in [0.29, 0.717) is 22.7 Å². The molecule has 3 rings (SSSR count). The third kappa shape index (κ3) is 6.30. The Morgan fingerprint density at radius 3 is 2.00 bits per heavy atom. The van der Waals surface area contributed by atoms with Gasteiger partial charge in [-0.1, -0.05) is 30.3 Å². The first-order valence-corrected chi connectivity index (χ1v) is 10.1. The van der Waals surface area contributed by atoms with Crippen LogP contribution in [0, 0.1) is 0 Å². The summed E-state index contributed by atoms with van der Waals surface area (Å²) in [5.41, 5.74) is 1.98. The molecule has 0 N–H and O–H groups in total. The number of anilines is 1. The first-order valence-electron chi connectivity index (χ1n) is 10.1. The molecule has 6 nitrogen and oxygen atoms in total. The summed E-state index contributed by atoms with van der Waals surface area (Å²) >= 11 is 0. The number of ketones is 1. The van der Waals surface area contributed by atoms with Gasteiger partial charge in [0.15, 0.2) is 5.78 Å². The molecule has 6 heteroatoms. The lowest BCUT2D eigenvalue weighted by atomic mass is 10.1. The first kappa shape index (κ1) is 22.8. The number of rotatable bonds is 10. The predicted molar refractivity (Wildman–Crippen MR) is 124 cm³/mol. The summed E-state index contributed by atoms with van der Waals surface area (Å²) in [5.74, 6) is 0.889. The van der Waals surface area contributed by atoms with Gasteiger partial charge in [0.05, 0.1) is 26.5 Å². The van der Waals surface area contributed by atoms with Crippen molar-refractivity contribution in [2.24, 2.45) is 0 Å². The van der Waals surface area contributed by atoms with Crippen molar-refractivity contribution in [3.8, 4) is 11.5 Å². The van der Waals surface area contributed by atoms with Crippen molar-refractivity contribution in [3.05, 3.63) is 96.1 Å². The van der Waals surface area contributed by atoms with Gasteiger partial charge in [0.25, 0.3) is 5.91 Å². The molecule has 0 spiro atoms. The summed E-state index contributed by atoms with van der Waals surface area (Å²) in [6.45, 7) is 0.0435. The number of ether oxygens (including phenoxy) is 2. The maximum atomic E-state index is 12.9. The zero-order chi connectivity index (χ0) is 22.8. The van der Waals surface area contributed by atoms with Gasteiger partial charge in [-0.05, 0) is 60.2 Å². The van der Waals surface area contributed by atoms with E-state index in [9.17, 15) is 9.59 Å². The van der Waals surface area contributed by atoms with E-state index in [1.54, 1.807) is 68.8 Å². The second-order valence-electron chi connectivity index (χ2n) is 6.81. The van der Waals surface area contributed by atoms with E-state index >= 15 is 0 Å².